The van der Waals surface area contributed by atoms with Crippen LogP contribution in [0.5, 0.6) is 0 Å². The third-order valence-corrected chi connectivity index (χ3v) is 7.19. The first kappa shape index (κ1) is 17.9. The summed E-state index contributed by atoms with van der Waals surface area (Å²) >= 11 is 1.61. The molecule has 142 valence electrons. The molecule has 2 fully saturated rings. The molecule has 1 spiro atoms. The first-order chi connectivity index (χ1) is 12.5. The lowest BCUT2D eigenvalue weighted by Gasteiger charge is -2.43. The van der Waals surface area contributed by atoms with Crippen molar-refractivity contribution < 1.29 is 14.3 Å². The number of hydrogen-bond acceptors (Lipinski definition) is 5. The summed E-state index contributed by atoms with van der Waals surface area (Å²) < 4.78 is 6.24. The van der Waals surface area contributed by atoms with Crippen LogP contribution in [0.2, 0.25) is 0 Å². The smallest absolute Gasteiger partial charge is 0.261 e. The standard InChI is InChI=1S/C19H27N3O3S/c1-21-6-4-19(5-7-21)14-10-16(26-15(14)3-8-25-19)18(24)20-11-13-9-17(23)22(2)12-13/h10,13H,3-9,11-12H2,1-2H3,(H,20,24). The number of likely N-dealkylation sites (tertiary alicyclic amines) is 2. The number of nitrogens with one attached hydrogen (secondary N) is 1. The van der Waals surface area contributed by atoms with Gasteiger partial charge in [-0.05, 0) is 31.5 Å². The summed E-state index contributed by atoms with van der Waals surface area (Å²) in [5.74, 6) is 0.362. The Bertz CT molecular complexity index is 709. The molecule has 0 radical (unpaired) electrons. The summed E-state index contributed by atoms with van der Waals surface area (Å²) in [6, 6.07) is 2.06. The monoisotopic (exact) mass is 377 g/mol. The second-order valence-electron chi connectivity index (χ2n) is 7.90. The highest BCUT2D eigenvalue weighted by Crippen LogP contribution is 2.44. The first-order valence-corrected chi connectivity index (χ1v) is 10.3. The second kappa shape index (κ2) is 6.94. The highest BCUT2D eigenvalue weighted by Gasteiger charge is 2.41. The molecule has 2 amide bonds. The zero-order valence-corrected chi connectivity index (χ0v) is 16.4. The van der Waals surface area contributed by atoms with Gasteiger partial charge in [0.1, 0.15) is 0 Å². The van der Waals surface area contributed by atoms with Crippen LogP contribution in [0.1, 0.15) is 39.4 Å². The largest absolute Gasteiger partial charge is 0.370 e. The lowest BCUT2D eigenvalue weighted by Crippen LogP contribution is -2.44. The van der Waals surface area contributed by atoms with E-state index < -0.39 is 0 Å². The van der Waals surface area contributed by atoms with Gasteiger partial charge in [-0.2, -0.15) is 0 Å². The van der Waals surface area contributed by atoms with Crippen molar-refractivity contribution in [2.45, 2.75) is 31.3 Å². The minimum absolute atomic E-state index is 0.0190. The minimum atomic E-state index is -0.199. The average molecular weight is 378 g/mol. The van der Waals surface area contributed by atoms with E-state index in [2.05, 4.69) is 23.3 Å². The summed E-state index contributed by atoms with van der Waals surface area (Å²) in [5.41, 5.74) is 1.04. The highest BCUT2D eigenvalue weighted by molar-refractivity contribution is 7.14. The fourth-order valence-corrected chi connectivity index (χ4v) is 5.49. The first-order valence-electron chi connectivity index (χ1n) is 9.45. The van der Waals surface area contributed by atoms with E-state index in [1.165, 1.54) is 10.4 Å². The number of fused-ring (bicyclic) bond motifs is 2. The van der Waals surface area contributed by atoms with Gasteiger partial charge in [0.15, 0.2) is 0 Å². The van der Waals surface area contributed by atoms with E-state index in [4.69, 9.17) is 4.74 Å². The molecular formula is C19H27N3O3S. The SMILES string of the molecule is CN1CCC2(CC1)OCCc1sc(C(=O)NCC3CC(=O)N(C)C3)cc12. The van der Waals surface area contributed by atoms with E-state index in [0.717, 1.165) is 50.4 Å². The predicted molar refractivity (Wildman–Crippen MR) is 100 cm³/mol. The van der Waals surface area contributed by atoms with Crippen molar-refractivity contribution in [2.24, 2.45) is 5.92 Å². The third kappa shape index (κ3) is 3.28. The Kier molecular flexibility index (Phi) is 4.79. The molecule has 4 heterocycles. The molecule has 1 atom stereocenters. The molecule has 1 unspecified atom stereocenters. The summed E-state index contributed by atoms with van der Waals surface area (Å²) in [4.78, 5) is 30.4. The van der Waals surface area contributed by atoms with Gasteiger partial charge in [0, 0.05) is 56.9 Å². The van der Waals surface area contributed by atoms with E-state index in [0.29, 0.717) is 13.0 Å². The van der Waals surface area contributed by atoms with Crippen LogP contribution in [-0.4, -0.2) is 68.5 Å². The molecule has 26 heavy (non-hydrogen) atoms. The maximum atomic E-state index is 12.7. The molecule has 3 aliphatic heterocycles. The number of ether oxygens (including phenoxy) is 1. The van der Waals surface area contributed by atoms with E-state index >= 15 is 0 Å². The molecule has 0 bridgehead atoms. The number of nitrogens with zero attached hydrogens (tertiary/aromatic N) is 2. The molecule has 1 aromatic rings. The number of rotatable bonds is 3. The van der Waals surface area contributed by atoms with E-state index in [1.807, 2.05) is 7.05 Å². The van der Waals surface area contributed by atoms with Crippen LogP contribution < -0.4 is 5.32 Å². The zero-order chi connectivity index (χ0) is 18.3. The second-order valence-corrected chi connectivity index (χ2v) is 9.03. The van der Waals surface area contributed by atoms with Gasteiger partial charge in [0.05, 0.1) is 17.1 Å². The number of carbonyl (C=O) groups is 2. The maximum absolute atomic E-state index is 12.7. The van der Waals surface area contributed by atoms with Gasteiger partial charge < -0.3 is 19.9 Å². The van der Waals surface area contributed by atoms with Gasteiger partial charge in [-0.3, -0.25) is 9.59 Å². The van der Waals surface area contributed by atoms with Crippen LogP contribution in [0.3, 0.4) is 0 Å². The Morgan fingerprint density at radius 2 is 2.15 bits per heavy atom. The number of piperidine rings is 1. The van der Waals surface area contributed by atoms with Gasteiger partial charge >= 0.3 is 0 Å². The Balaban J connectivity index is 1.45. The van der Waals surface area contributed by atoms with Gasteiger partial charge in [0.2, 0.25) is 5.91 Å². The summed E-state index contributed by atoms with van der Waals surface area (Å²) in [7, 11) is 3.97. The fraction of sp³-hybridized carbons (Fsp3) is 0.684. The molecule has 2 saturated heterocycles. The van der Waals surface area contributed by atoms with Gasteiger partial charge in [0.25, 0.3) is 5.91 Å². The molecule has 4 rings (SSSR count). The van der Waals surface area contributed by atoms with Gasteiger partial charge in [-0.1, -0.05) is 0 Å². The van der Waals surface area contributed by atoms with E-state index in [9.17, 15) is 9.59 Å². The van der Waals surface area contributed by atoms with Crippen LogP contribution in [0, 0.1) is 5.92 Å². The van der Waals surface area contributed by atoms with Crippen molar-refractivity contribution in [3.05, 3.63) is 21.4 Å². The Morgan fingerprint density at radius 1 is 1.38 bits per heavy atom. The number of hydrogen-bond donors (Lipinski definition) is 1. The van der Waals surface area contributed by atoms with Crippen molar-refractivity contribution in [1.82, 2.24) is 15.1 Å². The van der Waals surface area contributed by atoms with Crippen LogP contribution in [-0.2, 0) is 21.6 Å². The average Bonchev–Trinajstić information content (AvgIpc) is 3.20. The number of thiophene rings is 1. The molecule has 7 heteroatoms. The highest BCUT2D eigenvalue weighted by atomic mass is 32.1. The van der Waals surface area contributed by atoms with Gasteiger partial charge in [-0.25, -0.2) is 0 Å². The minimum Gasteiger partial charge on any atom is -0.370 e. The lowest BCUT2D eigenvalue weighted by atomic mass is 9.82. The van der Waals surface area contributed by atoms with Crippen molar-refractivity contribution in [2.75, 3.05) is 46.9 Å². The molecule has 0 aromatic carbocycles. The van der Waals surface area contributed by atoms with Crippen molar-refractivity contribution in [3.8, 4) is 0 Å². The van der Waals surface area contributed by atoms with Crippen molar-refractivity contribution in [3.63, 3.8) is 0 Å². The Labute approximate surface area is 158 Å². The van der Waals surface area contributed by atoms with Crippen LogP contribution >= 0.6 is 11.3 Å². The molecule has 1 aromatic heterocycles. The lowest BCUT2D eigenvalue weighted by molar-refractivity contribution is -0.126. The van der Waals surface area contributed by atoms with Crippen LogP contribution in [0.15, 0.2) is 6.07 Å². The Morgan fingerprint density at radius 3 is 2.85 bits per heavy atom. The quantitative estimate of drug-likeness (QED) is 0.866. The van der Waals surface area contributed by atoms with E-state index in [1.54, 1.807) is 16.2 Å². The molecule has 1 N–H and O–H groups in total. The van der Waals surface area contributed by atoms with Crippen molar-refractivity contribution >= 4 is 23.2 Å². The molecule has 0 saturated carbocycles. The fourth-order valence-electron chi connectivity index (χ4n) is 4.34. The molecule has 0 aliphatic carbocycles. The van der Waals surface area contributed by atoms with Crippen molar-refractivity contribution in [1.29, 1.82) is 0 Å². The maximum Gasteiger partial charge on any atom is 0.261 e. The van der Waals surface area contributed by atoms with Crippen LogP contribution in [0.25, 0.3) is 0 Å². The zero-order valence-electron chi connectivity index (χ0n) is 15.5. The molecule has 6 nitrogen and oxygen atoms in total. The molecular weight excluding hydrogens is 350 g/mol. The topological polar surface area (TPSA) is 61.9 Å². The van der Waals surface area contributed by atoms with E-state index in [-0.39, 0.29) is 23.3 Å². The predicted octanol–water partition coefficient (Wildman–Crippen LogP) is 1.45. The number of carbonyl (C=O) groups excluding carboxylic acids is 2. The summed E-state index contributed by atoms with van der Waals surface area (Å²) in [5, 5.41) is 3.03. The summed E-state index contributed by atoms with van der Waals surface area (Å²) in [6.45, 7) is 4.09. The number of amides is 2. The van der Waals surface area contributed by atoms with Crippen LogP contribution in [0.4, 0.5) is 0 Å². The summed E-state index contributed by atoms with van der Waals surface area (Å²) in [6.07, 6.45) is 3.41. The molecule has 3 aliphatic rings. The Hall–Kier alpha value is -1.44. The van der Waals surface area contributed by atoms with Gasteiger partial charge in [-0.15, -0.1) is 11.3 Å². The normalized spacial score (nSPS) is 25.5. The third-order valence-electron chi connectivity index (χ3n) is 6.00.